The van der Waals surface area contributed by atoms with Crippen LogP contribution in [0.5, 0.6) is 0 Å². The fraction of sp³-hybridized carbons (Fsp3) is 0.593. The van der Waals surface area contributed by atoms with Gasteiger partial charge in [0.15, 0.2) is 0 Å². The van der Waals surface area contributed by atoms with Crippen molar-refractivity contribution in [2.24, 2.45) is 0 Å². The van der Waals surface area contributed by atoms with Crippen molar-refractivity contribution in [3.8, 4) is 0 Å². The predicted molar refractivity (Wildman–Crippen MR) is 125 cm³/mol. The van der Waals surface area contributed by atoms with E-state index in [4.69, 9.17) is 4.74 Å². The van der Waals surface area contributed by atoms with Gasteiger partial charge in [0.05, 0.1) is 6.61 Å². The molecule has 0 aliphatic heterocycles. The summed E-state index contributed by atoms with van der Waals surface area (Å²) in [6.45, 7) is 2.83. The van der Waals surface area contributed by atoms with Crippen molar-refractivity contribution in [2.75, 3.05) is 6.61 Å². The molecule has 0 saturated heterocycles. The number of ether oxygens (including phenoxy) is 1. The Balaban J connectivity index is 0.00000122. The Morgan fingerprint density at radius 3 is 1.53 bits per heavy atom. The van der Waals surface area contributed by atoms with Crippen LogP contribution in [-0.2, 0) is 21.8 Å². The second-order valence-corrected chi connectivity index (χ2v) is 7.87. The molecule has 2 nitrogen and oxygen atoms in total. The molecule has 0 spiro atoms. The smallest absolute Gasteiger partial charge is 0.281 e. The van der Waals surface area contributed by atoms with E-state index < -0.39 is 0 Å². The Kier molecular flexibility index (Phi) is 21.4. The maximum atomic E-state index is 11.6. The molecule has 0 saturated carbocycles. The fourth-order valence-electron chi connectivity index (χ4n) is 3.38. The van der Waals surface area contributed by atoms with Gasteiger partial charge in [-0.05, 0) is 6.42 Å². The molecule has 0 aliphatic rings. The summed E-state index contributed by atoms with van der Waals surface area (Å²) < 4.78 is 5.25. The maximum absolute atomic E-state index is 11.6. The number of rotatable bonds is 16. The number of carbonyl (C=O) groups excluding carboxylic acids is 1. The van der Waals surface area contributed by atoms with Crippen LogP contribution in [0.4, 0.5) is 0 Å². The van der Waals surface area contributed by atoms with Gasteiger partial charge in [-0.25, -0.2) is 24.3 Å². The summed E-state index contributed by atoms with van der Waals surface area (Å²) in [6.07, 6.45) is 18.8. The average molecular weight is 454 g/mol. The summed E-state index contributed by atoms with van der Waals surface area (Å²) in [5.41, 5.74) is 0.667. The van der Waals surface area contributed by atoms with E-state index in [0.717, 1.165) is 6.42 Å². The van der Waals surface area contributed by atoms with Crippen molar-refractivity contribution in [1.82, 2.24) is 0 Å². The largest absolute Gasteiger partial charge is 0.471 e. The molecule has 30 heavy (non-hydrogen) atoms. The SMILES string of the molecule is CCCCCCCCCCCCCCCCOC(=O)[c-]1cccc1.[Fe].c1cc[cH-]c1. The summed E-state index contributed by atoms with van der Waals surface area (Å²) >= 11 is 0. The van der Waals surface area contributed by atoms with Crippen molar-refractivity contribution in [3.63, 3.8) is 0 Å². The molecule has 0 aromatic heterocycles. The second kappa shape index (κ2) is 22.4. The zero-order chi connectivity index (χ0) is 20.8. The van der Waals surface area contributed by atoms with E-state index in [2.05, 4.69) is 6.92 Å². The van der Waals surface area contributed by atoms with Crippen LogP contribution in [0.1, 0.15) is 107 Å². The molecule has 0 N–H and O–H groups in total. The monoisotopic (exact) mass is 454 g/mol. The quantitative estimate of drug-likeness (QED) is 0.110. The minimum absolute atomic E-state index is 0. The molecular weight excluding hydrogens is 412 g/mol. The third kappa shape index (κ3) is 17.5. The number of hydrogen-bond acceptors (Lipinski definition) is 2. The van der Waals surface area contributed by atoms with Crippen LogP contribution in [-0.4, -0.2) is 12.6 Å². The van der Waals surface area contributed by atoms with Crippen LogP contribution in [0.25, 0.3) is 0 Å². The van der Waals surface area contributed by atoms with E-state index in [1.807, 2.05) is 42.5 Å². The van der Waals surface area contributed by atoms with Gasteiger partial charge >= 0.3 is 0 Å². The third-order valence-corrected chi connectivity index (χ3v) is 5.18. The Hall–Kier alpha value is -1.31. The van der Waals surface area contributed by atoms with Crippen molar-refractivity contribution in [1.29, 1.82) is 0 Å². The zero-order valence-corrected chi connectivity index (χ0v) is 20.1. The molecule has 0 aliphatic carbocycles. The minimum atomic E-state index is -0.185. The van der Waals surface area contributed by atoms with Crippen LogP contribution < -0.4 is 0 Å². The van der Waals surface area contributed by atoms with Crippen LogP contribution in [0.3, 0.4) is 0 Å². The van der Waals surface area contributed by atoms with E-state index in [-0.39, 0.29) is 23.0 Å². The van der Waals surface area contributed by atoms with Gasteiger partial charge in [-0.3, -0.25) is 4.79 Å². The summed E-state index contributed by atoms with van der Waals surface area (Å²) in [4.78, 5) is 11.6. The Morgan fingerprint density at radius 2 is 1.13 bits per heavy atom. The van der Waals surface area contributed by atoms with Crippen LogP contribution in [0.15, 0.2) is 54.6 Å². The van der Waals surface area contributed by atoms with E-state index >= 15 is 0 Å². The molecule has 0 fully saturated rings. The maximum Gasteiger partial charge on any atom is 0.281 e. The van der Waals surface area contributed by atoms with Crippen molar-refractivity contribution in [3.05, 3.63) is 60.2 Å². The number of unbranched alkanes of at least 4 members (excludes halogenated alkanes) is 13. The first kappa shape index (κ1) is 28.7. The van der Waals surface area contributed by atoms with Crippen molar-refractivity contribution < 1.29 is 26.6 Å². The average Bonchev–Trinajstić information content (AvgIpc) is 3.47. The number of hydrogen-bond donors (Lipinski definition) is 0. The Bertz CT molecular complexity index is 528. The molecule has 0 bridgehead atoms. The molecule has 2 aromatic rings. The van der Waals surface area contributed by atoms with Gasteiger partial charge < -0.3 is 4.74 Å². The molecule has 2 aromatic carbocycles. The Labute approximate surface area is 196 Å². The molecule has 0 heterocycles. The third-order valence-electron chi connectivity index (χ3n) is 5.18. The van der Waals surface area contributed by atoms with E-state index in [9.17, 15) is 4.79 Å². The first-order valence-electron chi connectivity index (χ1n) is 11.9. The number of esters is 1. The number of carbonyl (C=O) groups is 1. The topological polar surface area (TPSA) is 26.3 Å². The summed E-state index contributed by atoms with van der Waals surface area (Å²) in [6, 6.07) is 17.3. The molecule has 172 valence electrons. The predicted octanol–water partition coefficient (Wildman–Crippen LogP) is 8.45. The molecule has 3 heteroatoms. The van der Waals surface area contributed by atoms with Crippen molar-refractivity contribution in [2.45, 2.75) is 96.8 Å². The normalized spacial score (nSPS) is 10.0. The van der Waals surface area contributed by atoms with E-state index in [1.54, 1.807) is 12.1 Å². The van der Waals surface area contributed by atoms with Gasteiger partial charge in [0.2, 0.25) is 0 Å². The summed E-state index contributed by atoms with van der Waals surface area (Å²) in [5, 5.41) is 0. The fourth-order valence-corrected chi connectivity index (χ4v) is 3.38. The van der Waals surface area contributed by atoms with E-state index in [1.165, 1.54) is 83.5 Å². The van der Waals surface area contributed by atoms with Gasteiger partial charge in [0, 0.05) is 17.1 Å². The second-order valence-electron chi connectivity index (χ2n) is 7.87. The van der Waals surface area contributed by atoms with E-state index in [0.29, 0.717) is 12.2 Å². The Morgan fingerprint density at radius 1 is 0.700 bits per heavy atom. The van der Waals surface area contributed by atoms with Crippen molar-refractivity contribution >= 4 is 5.97 Å². The molecule has 2 rings (SSSR count). The van der Waals surface area contributed by atoms with Gasteiger partial charge in [0.25, 0.3) is 5.97 Å². The van der Waals surface area contributed by atoms with Crippen LogP contribution >= 0.6 is 0 Å². The minimum Gasteiger partial charge on any atom is -0.471 e. The molecular formula is C27H42FeO2-2. The van der Waals surface area contributed by atoms with Crippen LogP contribution in [0, 0.1) is 0 Å². The van der Waals surface area contributed by atoms with Crippen LogP contribution in [0.2, 0.25) is 0 Å². The van der Waals surface area contributed by atoms with Gasteiger partial charge in [0.1, 0.15) is 0 Å². The standard InChI is InChI=1S/C22H37O2.C5H5.Fe/c1-2-3-4-5-6-7-8-9-10-11-12-13-14-17-20-24-22(23)21-18-15-16-19-21;1-2-4-5-3-1;/h15-16,18-19H,2-14,17,20H2,1H3;1-5H;/q2*-1;. The van der Waals surface area contributed by atoms with Gasteiger partial charge in [-0.1, -0.05) is 96.0 Å². The van der Waals surface area contributed by atoms with Gasteiger partial charge in [-0.2, -0.15) is 30.3 Å². The molecule has 0 radical (unpaired) electrons. The first-order valence-corrected chi connectivity index (χ1v) is 11.9. The summed E-state index contributed by atoms with van der Waals surface area (Å²) in [5.74, 6) is -0.185. The molecule has 0 atom stereocenters. The molecule has 0 unspecified atom stereocenters. The zero-order valence-electron chi connectivity index (χ0n) is 19.0. The molecule has 0 amide bonds. The first-order chi connectivity index (χ1) is 14.3. The summed E-state index contributed by atoms with van der Waals surface area (Å²) in [7, 11) is 0. The van der Waals surface area contributed by atoms with Gasteiger partial charge in [-0.15, -0.1) is 0 Å².